The minimum absolute atomic E-state index is 0.174. The second kappa shape index (κ2) is 10.8. The molecule has 1 unspecified atom stereocenters. The maximum atomic E-state index is 14.5. The van der Waals surface area contributed by atoms with Crippen LogP contribution in [0, 0.1) is 13.8 Å². The molecular formula is C24H25F7N2O3. The molecule has 0 fully saturated rings. The van der Waals surface area contributed by atoms with E-state index in [1.165, 1.54) is 24.3 Å². The molecule has 12 heteroatoms. The highest BCUT2D eigenvalue weighted by molar-refractivity contribution is 6.06. The summed E-state index contributed by atoms with van der Waals surface area (Å²) in [6, 6.07) is 6.55. The largest absolute Gasteiger partial charge is 0.446 e. The SMILES string of the molecule is CCCC(C)OC(=O)Nc1cccc(NC(=O)c2c(C)cc(C(F)(C(F)(F)F)C(F)(F)F)cc2C)c1. The molecular weight excluding hydrogens is 497 g/mol. The molecule has 2 N–H and O–H groups in total. The number of aryl methyl sites for hydroxylation is 2. The first-order valence-electron chi connectivity index (χ1n) is 10.8. The highest BCUT2D eigenvalue weighted by Crippen LogP contribution is 2.53. The third kappa shape index (κ3) is 6.27. The maximum absolute atomic E-state index is 14.5. The number of alkyl halides is 7. The maximum Gasteiger partial charge on any atom is 0.435 e. The molecule has 0 bridgehead atoms. The highest BCUT2D eigenvalue weighted by Gasteiger charge is 2.73. The zero-order valence-corrected chi connectivity index (χ0v) is 19.8. The van der Waals surface area contributed by atoms with Crippen molar-refractivity contribution in [1.82, 2.24) is 0 Å². The molecule has 0 aliphatic rings. The minimum Gasteiger partial charge on any atom is -0.446 e. The second-order valence-corrected chi connectivity index (χ2v) is 8.30. The molecule has 0 saturated carbocycles. The molecule has 0 heterocycles. The van der Waals surface area contributed by atoms with E-state index in [1.54, 1.807) is 6.92 Å². The summed E-state index contributed by atoms with van der Waals surface area (Å²) < 4.78 is 98.3. The smallest absolute Gasteiger partial charge is 0.435 e. The van der Waals surface area contributed by atoms with Crippen molar-refractivity contribution < 1.29 is 45.1 Å². The summed E-state index contributed by atoms with van der Waals surface area (Å²) in [5, 5.41) is 4.96. The fourth-order valence-corrected chi connectivity index (χ4v) is 3.67. The zero-order chi connectivity index (χ0) is 27.5. The number of anilines is 2. The van der Waals surface area contributed by atoms with Gasteiger partial charge in [-0.2, -0.15) is 26.3 Å². The minimum atomic E-state index is -6.27. The van der Waals surface area contributed by atoms with Crippen LogP contribution in [0.25, 0.3) is 0 Å². The Morgan fingerprint density at radius 1 is 0.889 bits per heavy atom. The van der Waals surface area contributed by atoms with Crippen LogP contribution < -0.4 is 10.6 Å². The van der Waals surface area contributed by atoms with Crippen LogP contribution in [0.3, 0.4) is 0 Å². The van der Waals surface area contributed by atoms with Crippen LogP contribution in [0.5, 0.6) is 0 Å². The van der Waals surface area contributed by atoms with E-state index in [-0.39, 0.29) is 34.2 Å². The second-order valence-electron chi connectivity index (χ2n) is 8.30. The van der Waals surface area contributed by atoms with Crippen LogP contribution in [-0.2, 0) is 10.4 Å². The van der Waals surface area contributed by atoms with E-state index in [9.17, 15) is 40.3 Å². The summed E-state index contributed by atoms with van der Waals surface area (Å²) in [4.78, 5) is 24.8. The van der Waals surface area contributed by atoms with Gasteiger partial charge in [0, 0.05) is 22.5 Å². The third-order valence-corrected chi connectivity index (χ3v) is 5.31. The van der Waals surface area contributed by atoms with Crippen molar-refractivity contribution in [1.29, 1.82) is 0 Å². The van der Waals surface area contributed by atoms with Crippen molar-refractivity contribution >= 4 is 23.4 Å². The van der Waals surface area contributed by atoms with Crippen LogP contribution in [0.15, 0.2) is 36.4 Å². The van der Waals surface area contributed by atoms with E-state index in [2.05, 4.69) is 10.6 Å². The van der Waals surface area contributed by atoms with Crippen LogP contribution >= 0.6 is 0 Å². The summed E-state index contributed by atoms with van der Waals surface area (Å²) in [6.45, 7) is 5.86. The van der Waals surface area contributed by atoms with Crippen molar-refractivity contribution in [2.45, 2.75) is 64.7 Å². The van der Waals surface area contributed by atoms with Gasteiger partial charge in [-0.25, -0.2) is 9.18 Å². The fraction of sp³-hybridized carbons (Fsp3) is 0.417. The predicted molar refractivity (Wildman–Crippen MR) is 120 cm³/mol. The van der Waals surface area contributed by atoms with Gasteiger partial charge >= 0.3 is 24.1 Å². The third-order valence-electron chi connectivity index (χ3n) is 5.31. The number of benzene rings is 2. The topological polar surface area (TPSA) is 67.4 Å². The average Bonchev–Trinajstić information content (AvgIpc) is 2.71. The number of hydrogen-bond acceptors (Lipinski definition) is 3. The van der Waals surface area contributed by atoms with Crippen molar-refractivity contribution in [2.75, 3.05) is 10.6 Å². The normalized spacial score (nSPS) is 13.2. The van der Waals surface area contributed by atoms with Crippen molar-refractivity contribution in [2.24, 2.45) is 0 Å². The Hall–Kier alpha value is -3.31. The standard InChI is InChI=1S/C24H25F7N2O3/c1-5-7-15(4)36-21(35)33-18-9-6-8-17(12-18)32-20(34)19-13(2)10-16(11-14(19)3)22(25,23(26,27)28)24(29,30)31/h6,8-12,15H,5,7H2,1-4H3,(H,32,34)(H,33,35). The lowest BCUT2D eigenvalue weighted by Crippen LogP contribution is -2.50. The van der Waals surface area contributed by atoms with Gasteiger partial charge in [-0.3, -0.25) is 10.1 Å². The number of rotatable bonds is 7. The predicted octanol–water partition coefficient (Wildman–Crippen LogP) is 7.58. The Bertz CT molecular complexity index is 1080. The van der Waals surface area contributed by atoms with Crippen molar-refractivity contribution in [3.8, 4) is 0 Å². The quantitative estimate of drug-likeness (QED) is 0.369. The molecule has 2 rings (SSSR count). The number of nitrogens with one attached hydrogen (secondary N) is 2. The van der Waals surface area contributed by atoms with E-state index in [0.717, 1.165) is 20.3 Å². The molecule has 1 atom stereocenters. The number of ether oxygens (including phenoxy) is 1. The summed E-state index contributed by atoms with van der Waals surface area (Å²) >= 11 is 0. The van der Waals surface area contributed by atoms with Crippen molar-refractivity contribution in [3.05, 3.63) is 58.7 Å². The Morgan fingerprint density at radius 2 is 1.39 bits per heavy atom. The summed E-state index contributed by atoms with van der Waals surface area (Å²) in [5.74, 6) is -0.851. The van der Waals surface area contributed by atoms with Gasteiger partial charge in [-0.1, -0.05) is 31.5 Å². The van der Waals surface area contributed by atoms with Gasteiger partial charge in [-0.15, -0.1) is 0 Å². The molecule has 0 aromatic heterocycles. The Labute approximate surface area is 203 Å². The van der Waals surface area contributed by atoms with Crippen LogP contribution in [-0.4, -0.2) is 30.5 Å². The first kappa shape index (κ1) is 28.9. The van der Waals surface area contributed by atoms with Gasteiger partial charge in [0.05, 0.1) is 0 Å². The number of carbonyl (C=O) groups excluding carboxylic acids is 2. The van der Waals surface area contributed by atoms with Gasteiger partial charge in [0.15, 0.2) is 0 Å². The molecule has 5 nitrogen and oxygen atoms in total. The molecule has 0 radical (unpaired) electrons. The molecule has 198 valence electrons. The average molecular weight is 522 g/mol. The lowest BCUT2D eigenvalue weighted by atomic mass is 9.88. The van der Waals surface area contributed by atoms with E-state index in [4.69, 9.17) is 4.74 Å². The fourth-order valence-electron chi connectivity index (χ4n) is 3.67. The highest BCUT2D eigenvalue weighted by atomic mass is 19.4. The van der Waals surface area contributed by atoms with E-state index < -0.39 is 35.6 Å². The van der Waals surface area contributed by atoms with E-state index in [0.29, 0.717) is 18.6 Å². The van der Waals surface area contributed by atoms with E-state index >= 15 is 0 Å². The van der Waals surface area contributed by atoms with E-state index in [1.807, 2.05) is 6.92 Å². The molecule has 0 saturated heterocycles. The number of hydrogen-bond donors (Lipinski definition) is 2. The molecule has 0 spiro atoms. The van der Waals surface area contributed by atoms with Crippen LogP contribution in [0.2, 0.25) is 0 Å². The van der Waals surface area contributed by atoms with Gasteiger partial charge in [-0.05, 0) is 56.5 Å². The Kier molecular flexibility index (Phi) is 8.64. The molecule has 2 amide bonds. The van der Waals surface area contributed by atoms with Gasteiger partial charge in [0.25, 0.3) is 5.91 Å². The number of carbonyl (C=O) groups is 2. The van der Waals surface area contributed by atoms with Gasteiger partial charge in [0.2, 0.25) is 0 Å². The number of amides is 2. The van der Waals surface area contributed by atoms with Crippen LogP contribution in [0.4, 0.5) is 46.9 Å². The molecule has 0 aliphatic heterocycles. The summed E-state index contributed by atoms with van der Waals surface area (Å²) in [7, 11) is 0. The Morgan fingerprint density at radius 3 is 1.86 bits per heavy atom. The molecule has 0 aliphatic carbocycles. The van der Waals surface area contributed by atoms with Crippen molar-refractivity contribution in [3.63, 3.8) is 0 Å². The first-order valence-corrected chi connectivity index (χ1v) is 10.8. The van der Waals surface area contributed by atoms with Crippen LogP contribution in [0.1, 0.15) is 53.7 Å². The monoisotopic (exact) mass is 522 g/mol. The Balaban J connectivity index is 2.29. The molecule has 36 heavy (non-hydrogen) atoms. The lowest BCUT2D eigenvalue weighted by molar-refractivity contribution is -0.348. The number of halogens is 7. The van der Waals surface area contributed by atoms with Gasteiger partial charge in [0.1, 0.15) is 6.10 Å². The summed E-state index contributed by atoms with van der Waals surface area (Å²) in [6.07, 6.45) is -12.1. The molecule has 2 aromatic carbocycles. The van der Waals surface area contributed by atoms with Gasteiger partial charge < -0.3 is 10.1 Å². The first-order chi connectivity index (χ1) is 16.5. The molecule has 2 aromatic rings. The zero-order valence-electron chi connectivity index (χ0n) is 19.8. The summed E-state index contributed by atoms with van der Waals surface area (Å²) in [5.41, 5.74) is -7.64. The lowest BCUT2D eigenvalue weighted by Gasteiger charge is -2.31.